The number of rotatable bonds is 4. The van der Waals surface area contributed by atoms with Crippen molar-refractivity contribution in [1.29, 1.82) is 0 Å². The molecule has 1 N–H and O–H groups in total. The Bertz CT molecular complexity index is 516. The Kier molecular flexibility index (Phi) is 4.39. The fourth-order valence-electron chi connectivity index (χ4n) is 2.43. The Morgan fingerprint density at radius 1 is 1.50 bits per heavy atom. The standard InChI is InChI=1S/C15H20N2O3/c1-4-20-15(19)10(2)16-12-9-14(18)17(3)13-8-6-5-7-11(12)13/h5-8,10,12,16H,4,9H2,1-3H3. The molecule has 0 fully saturated rings. The van der Waals surface area contributed by atoms with Gasteiger partial charge in [0.1, 0.15) is 6.04 Å². The van der Waals surface area contributed by atoms with Gasteiger partial charge in [-0.2, -0.15) is 0 Å². The smallest absolute Gasteiger partial charge is 0.322 e. The van der Waals surface area contributed by atoms with Crippen LogP contribution in [0.4, 0.5) is 5.69 Å². The third-order valence-corrected chi connectivity index (χ3v) is 3.52. The lowest BCUT2D eigenvalue weighted by Gasteiger charge is -2.33. The van der Waals surface area contributed by atoms with Crippen molar-refractivity contribution in [2.75, 3.05) is 18.6 Å². The van der Waals surface area contributed by atoms with Crippen LogP contribution in [0.3, 0.4) is 0 Å². The highest BCUT2D eigenvalue weighted by Crippen LogP contribution is 2.33. The van der Waals surface area contributed by atoms with Crippen LogP contribution in [-0.4, -0.2) is 31.6 Å². The molecule has 20 heavy (non-hydrogen) atoms. The Morgan fingerprint density at radius 2 is 2.20 bits per heavy atom. The van der Waals surface area contributed by atoms with Crippen LogP contribution in [-0.2, 0) is 14.3 Å². The second kappa shape index (κ2) is 6.05. The highest BCUT2D eigenvalue weighted by Gasteiger charge is 2.30. The summed E-state index contributed by atoms with van der Waals surface area (Å²) in [6, 6.07) is 7.13. The lowest BCUT2D eigenvalue weighted by atomic mass is 9.95. The first-order valence-electron chi connectivity index (χ1n) is 6.82. The molecule has 2 unspecified atom stereocenters. The van der Waals surface area contributed by atoms with Crippen LogP contribution in [0.15, 0.2) is 24.3 Å². The van der Waals surface area contributed by atoms with E-state index in [-0.39, 0.29) is 17.9 Å². The zero-order valence-electron chi connectivity index (χ0n) is 12.1. The van der Waals surface area contributed by atoms with E-state index in [1.165, 1.54) is 0 Å². The van der Waals surface area contributed by atoms with Gasteiger partial charge in [0.2, 0.25) is 5.91 Å². The first-order chi connectivity index (χ1) is 9.54. The fourth-order valence-corrected chi connectivity index (χ4v) is 2.43. The van der Waals surface area contributed by atoms with E-state index in [9.17, 15) is 9.59 Å². The Balaban J connectivity index is 2.19. The topological polar surface area (TPSA) is 58.6 Å². The van der Waals surface area contributed by atoms with Gasteiger partial charge in [0, 0.05) is 25.2 Å². The molecule has 1 aromatic rings. The van der Waals surface area contributed by atoms with Crippen LogP contribution in [0.1, 0.15) is 31.9 Å². The summed E-state index contributed by atoms with van der Waals surface area (Å²) in [5.41, 5.74) is 1.92. The Labute approximate surface area is 118 Å². The van der Waals surface area contributed by atoms with Crippen molar-refractivity contribution in [3.8, 4) is 0 Å². The molecular formula is C15H20N2O3. The van der Waals surface area contributed by atoms with E-state index in [1.54, 1.807) is 25.8 Å². The molecule has 0 spiro atoms. The second-order valence-electron chi connectivity index (χ2n) is 4.91. The first kappa shape index (κ1) is 14.5. The largest absolute Gasteiger partial charge is 0.465 e. The number of nitrogens with one attached hydrogen (secondary N) is 1. The molecule has 0 radical (unpaired) electrons. The normalized spacial score (nSPS) is 19.4. The monoisotopic (exact) mass is 276 g/mol. The van der Waals surface area contributed by atoms with Crippen LogP contribution in [0.25, 0.3) is 0 Å². The summed E-state index contributed by atoms with van der Waals surface area (Å²) in [4.78, 5) is 25.4. The number of fused-ring (bicyclic) bond motifs is 1. The van der Waals surface area contributed by atoms with Crippen molar-refractivity contribution in [2.24, 2.45) is 0 Å². The van der Waals surface area contributed by atoms with Crippen molar-refractivity contribution in [2.45, 2.75) is 32.4 Å². The fraction of sp³-hybridized carbons (Fsp3) is 0.467. The summed E-state index contributed by atoms with van der Waals surface area (Å²) in [5.74, 6) is -0.256. The number of hydrogen-bond acceptors (Lipinski definition) is 4. The Hall–Kier alpha value is -1.88. The lowest BCUT2D eigenvalue weighted by molar-refractivity contribution is -0.145. The van der Waals surface area contributed by atoms with Crippen LogP contribution in [0, 0.1) is 0 Å². The van der Waals surface area contributed by atoms with E-state index in [2.05, 4.69) is 5.32 Å². The third-order valence-electron chi connectivity index (χ3n) is 3.52. The summed E-state index contributed by atoms with van der Waals surface area (Å²) < 4.78 is 4.98. The molecule has 108 valence electrons. The maximum absolute atomic E-state index is 12.0. The third kappa shape index (κ3) is 2.82. The quantitative estimate of drug-likeness (QED) is 0.849. The van der Waals surface area contributed by atoms with Gasteiger partial charge in [-0.3, -0.25) is 14.9 Å². The average Bonchev–Trinajstić information content (AvgIpc) is 2.44. The van der Waals surface area contributed by atoms with E-state index in [4.69, 9.17) is 4.74 Å². The molecule has 5 heteroatoms. The van der Waals surface area contributed by atoms with E-state index >= 15 is 0 Å². The van der Waals surface area contributed by atoms with Crippen molar-refractivity contribution in [1.82, 2.24) is 5.32 Å². The van der Waals surface area contributed by atoms with Crippen molar-refractivity contribution < 1.29 is 14.3 Å². The van der Waals surface area contributed by atoms with Crippen LogP contribution in [0.5, 0.6) is 0 Å². The van der Waals surface area contributed by atoms with E-state index in [0.717, 1.165) is 11.3 Å². The number of ether oxygens (including phenoxy) is 1. The highest BCUT2D eigenvalue weighted by molar-refractivity contribution is 5.96. The maximum Gasteiger partial charge on any atom is 0.322 e. The highest BCUT2D eigenvalue weighted by atomic mass is 16.5. The van der Waals surface area contributed by atoms with Crippen LogP contribution >= 0.6 is 0 Å². The molecule has 2 rings (SSSR count). The molecule has 2 atom stereocenters. The number of amides is 1. The molecule has 0 saturated carbocycles. The average molecular weight is 276 g/mol. The van der Waals surface area contributed by atoms with E-state index < -0.39 is 6.04 Å². The Morgan fingerprint density at radius 3 is 2.90 bits per heavy atom. The van der Waals surface area contributed by atoms with Gasteiger partial charge in [-0.15, -0.1) is 0 Å². The zero-order valence-corrected chi connectivity index (χ0v) is 12.1. The predicted octanol–water partition coefficient (Wildman–Crippen LogP) is 1.64. The number of carbonyl (C=O) groups excluding carboxylic acids is 2. The molecule has 0 aliphatic carbocycles. The molecule has 1 aliphatic rings. The molecule has 1 aliphatic heterocycles. The van der Waals surface area contributed by atoms with Gasteiger partial charge >= 0.3 is 5.97 Å². The molecule has 0 aromatic heterocycles. The van der Waals surface area contributed by atoms with Gasteiger partial charge in [0.05, 0.1) is 6.61 Å². The summed E-state index contributed by atoms with van der Waals surface area (Å²) >= 11 is 0. The minimum Gasteiger partial charge on any atom is -0.465 e. The molecule has 0 bridgehead atoms. The van der Waals surface area contributed by atoms with E-state index in [0.29, 0.717) is 13.0 Å². The van der Waals surface area contributed by atoms with Crippen LogP contribution < -0.4 is 10.2 Å². The summed E-state index contributed by atoms with van der Waals surface area (Å²) in [7, 11) is 1.77. The second-order valence-corrected chi connectivity index (χ2v) is 4.91. The minimum atomic E-state index is -0.441. The molecular weight excluding hydrogens is 256 g/mol. The molecule has 1 aromatic carbocycles. The first-order valence-corrected chi connectivity index (χ1v) is 6.82. The number of esters is 1. The van der Waals surface area contributed by atoms with Gasteiger partial charge in [-0.25, -0.2) is 0 Å². The van der Waals surface area contributed by atoms with Gasteiger partial charge in [0.25, 0.3) is 0 Å². The number of para-hydroxylation sites is 1. The number of hydrogen-bond donors (Lipinski definition) is 1. The number of benzene rings is 1. The molecule has 1 heterocycles. The SMILES string of the molecule is CCOC(=O)C(C)NC1CC(=O)N(C)c2ccccc21. The summed E-state index contributed by atoms with van der Waals surface area (Å²) in [5, 5.41) is 3.19. The predicted molar refractivity (Wildman–Crippen MR) is 76.4 cm³/mol. The van der Waals surface area contributed by atoms with Crippen molar-refractivity contribution >= 4 is 17.6 Å². The summed E-state index contributed by atoms with van der Waals surface area (Å²) in [6.07, 6.45) is 0.345. The molecule has 1 amide bonds. The van der Waals surface area contributed by atoms with Gasteiger partial charge in [-0.05, 0) is 25.5 Å². The summed E-state index contributed by atoms with van der Waals surface area (Å²) in [6.45, 7) is 3.89. The van der Waals surface area contributed by atoms with Crippen molar-refractivity contribution in [3.05, 3.63) is 29.8 Å². The van der Waals surface area contributed by atoms with E-state index in [1.807, 2.05) is 24.3 Å². The number of nitrogens with zero attached hydrogens (tertiary/aromatic N) is 1. The molecule has 5 nitrogen and oxygen atoms in total. The minimum absolute atomic E-state index is 0.0391. The number of anilines is 1. The van der Waals surface area contributed by atoms with Gasteiger partial charge < -0.3 is 9.64 Å². The van der Waals surface area contributed by atoms with Crippen molar-refractivity contribution in [3.63, 3.8) is 0 Å². The van der Waals surface area contributed by atoms with Gasteiger partial charge in [-0.1, -0.05) is 18.2 Å². The van der Waals surface area contributed by atoms with Gasteiger partial charge in [0.15, 0.2) is 0 Å². The zero-order chi connectivity index (χ0) is 14.7. The van der Waals surface area contributed by atoms with Crippen LogP contribution in [0.2, 0.25) is 0 Å². The number of carbonyl (C=O) groups is 2. The lowest BCUT2D eigenvalue weighted by Crippen LogP contribution is -2.43. The maximum atomic E-state index is 12.0. The molecule has 0 saturated heterocycles.